The molecular weight excluding hydrogens is 378 g/mol. The van der Waals surface area contributed by atoms with E-state index in [1.165, 1.54) is 6.08 Å². The molecule has 3 atom stereocenters. The van der Waals surface area contributed by atoms with Crippen molar-refractivity contribution in [2.75, 3.05) is 13.1 Å². The summed E-state index contributed by atoms with van der Waals surface area (Å²) in [6.45, 7) is 5.78. The van der Waals surface area contributed by atoms with Crippen LogP contribution in [0.25, 0.3) is 10.9 Å². The first kappa shape index (κ1) is 19.1. The van der Waals surface area contributed by atoms with Gasteiger partial charge in [0.1, 0.15) is 5.69 Å². The van der Waals surface area contributed by atoms with Gasteiger partial charge in [-0.05, 0) is 55.7 Å². The van der Waals surface area contributed by atoms with E-state index in [9.17, 15) is 14.4 Å². The zero-order valence-corrected chi connectivity index (χ0v) is 17.1. The van der Waals surface area contributed by atoms with Crippen molar-refractivity contribution in [3.8, 4) is 0 Å². The second-order valence-corrected chi connectivity index (χ2v) is 8.87. The van der Waals surface area contributed by atoms with Gasteiger partial charge in [-0.2, -0.15) is 0 Å². The normalized spacial score (nSPS) is 25.5. The molecule has 0 radical (unpaired) electrons. The molecule has 2 amide bonds. The van der Waals surface area contributed by atoms with Gasteiger partial charge in [0.05, 0.1) is 0 Å². The number of hydrogen-bond donors (Lipinski definition) is 1. The Morgan fingerprint density at radius 1 is 1.17 bits per heavy atom. The van der Waals surface area contributed by atoms with Gasteiger partial charge < -0.3 is 14.8 Å². The number of nitrogens with zero attached hydrogens (tertiary/aromatic N) is 2. The predicted molar refractivity (Wildman–Crippen MR) is 114 cm³/mol. The molecule has 1 saturated heterocycles. The summed E-state index contributed by atoms with van der Waals surface area (Å²) in [5.41, 5.74) is 2.32. The number of likely N-dealkylation sites (tertiary alicyclic amines) is 1. The smallest absolute Gasteiger partial charge is 0.268 e. The molecular formula is C24H27N3O3. The summed E-state index contributed by atoms with van der Waals surface area (Å²) in [7, 11) is 0. The summed E-state index contributed by atoms with van der Waals surface area (Å²) in [6, 6.07) is 7.91. The van der Waals surface area contributed by atoms with E-state index in [0.29, 0.717) is 36.1 Å². The Labute approximate surface area is 175 Å². The van der Waals surface area contributed by atoms with Crippen LogP contribution < -0.4 is 5.32 Å². The highest BCUT2D eigenvalue weighted by atomic mass is 16.2. The number of ketones is 1. The molecule has 2 aliphatic heterocycles. The van der Waals surface area contributed by atoms with Crippen molar-refractivity contribution in [1.29, 1.82) is 0 Å². The van der Waals surface area contributed by atoms with Crippen LogP contribution in [0.5, 0.6) is 0 Å². The summed E-state index contributed by atoms with van der Waals surface area (Å²) >= 11 is 0. The first-order valence-electron chi connectivity index (χ1n) is 10.9. The fraction of sp³-hybridized carbons (Fsp3) is 0.458. The van der Waals surface area contributed by atoms with Gasteiger partial charge >= 0.3 is 0 Å². The van der Waals surface area contributed by atoms with E-state index in [1.807, 2.05) is 33.7 Å². The molecule has 3 heterocycles. The summed E-state index contributed by atoms with van der Waals surface area (Å²) in [6.07, 6.45) is 6.02. The number of benzene rings is 1. The maximum absolute atomic E-state index is 13.1. The van der Waals surface area contributed by atoms with E-state index in [1.54, 1.807) is 0 Å². The van der Waals surface area contributed by atoms with Gasteiger partial charge in [-0.25, -0.2) is 0 Å². The van der Waals surface area contributed by atoms with Crippen LogP contribution in [0.1, 0.15) is 53.0 Å². The number of fused-ring (bicyclic) bond motifs is 4. The van der Waals surface area contributed by atoms with Crippen LogP contribution in [0.15, 0.2) is 36.9 Å². The number of carbonyl (C=O) groups excluding carboxylic acids is 3. The maximum Gasteiger partial charge on any atom is 0.268 e. The van der Waals surface area contributed by atoms with Crippen LogP contribution >= 0.6 is 0 Å². The molecule has 1 N–H and O–H groups in total. The van der Waals surface area contributed by atoms with Gasteiger partial charge in [0, 0.05) is 48.6 Å². The lowest BCUT2D eigenvalue weighted by Crippen LogP contribution is -2.40. The van der Waals surface area contributed by atoms with E-state index in [2.05, 4.69) is 11.9 Å². The van der Waals surface area contributed by atoms with E-state index in [0.717, 1.165) is 49.7 Å². The minimum Gasteiger partial charge on any atom is -0.349 e. The molecule has 0 spiro atoms. The zero-order chi connectivity index (χ0) is 20.8. The molecule has 0 bridgehead atoms. The molecule has 5 rings (SSSR count). The quantitative estimate of drug-likeness (QED) is 0.627. The molecule has 1 saturated carbocycles. The van der Waals surface area contributed by atoms with Crippen LogP contribution in [0.3, 0.4) is 0 Å². The van der Waals surface area contributed by atoms with Crippen molar-refractivity contribution < 1.29 is 14.4 Å². The third kappa shape index (κ3) is 3.15. The number of aromatic nitrogens is 1. The molecule has 2 fully saturated rings. The number of hydrogen-bond acceptors (Lipinski definition) is 3. The van der Waals surface area contributed by atoms with Crippen LogP contribution in [0, 0.1) is 11.8 Å². The lowest BCUT2D eigenvalue weighted by atomic mass is 9.76. The lowest BCUT2D eigenvalue weighted by molar-refractivity contribution is -0.127. The maximum atomic E-state index is 13.1. The fourth-order valence-corrected chi connectivity index (χ4v) is 5.67. The Balaban J connectivity index is 1.33. The van der Waals surface area contributed by atoms with Gasteiger partial charge in [-0.15, -0.1) is 0 Å². The van der Waals surface area contributed by atoms with Crippen molar-refractivity contribution in [3.05, 3.63) is 48.2 Å². The second kappa shape index (κ2) is 7.42. The standard InChI is InChI=1S/C24H27N3O3/c1-2-23(29)27-9-7-16-4-3-15(11-19(16)27)12-22(28)18-6-5-17-13-21-24(30)25-8-10-26(21)20(17)14-18/h2,5-6,13-16,19H,1,3-4,7-12H2,(H,25,30). The average Bonchev–Trinajstić information content (AvgIpc) is 3.35. The van der Waals surface area contributed by atoms with Gasteiger partial charge in [-0.1, -0.05) is 18.7 Å². The Morgan fingerprint density at radius 3 is 2.87 bits per heavy atom. The Hall–Kier alpha value is -2.89. The van der Waals surface area contributed by atoms with Gasteiger partial charge in [-0.3, -0.25) is 14.4 Å². The predicted octanol–water partition coefficient (Wildman–Crippen LogP) is 3.16. The zero-order valence-electron chi connectivity index (χ0n) is 17.1. The first-order chi connectivity index (χ1) is 14.5. The van der Waals surface area contributed by atoms with E-state index >= 15 is 0 Å². The molecule has 1 aromatic carbocycles. The Morgan fingerprint density at radius 2 is 2.03 bits per heavy atom. The molecule has 1 aliphatic carbocycles. The number of Topliss-reactive ketones (excluding diaryl/α,β-unsaturated/α-hetero) is 1. The highest BCUT2D eigenvalue weighted by Crippen LogP contribution is 2.40. The Kier molecular flexibility index (Phi) is 4.72. The minimum absolute atomic E-state index is 0.0157. The highest BCUT2D eigenvalue weighted by Gasteiger charge is 2.40. The highest BCUT2D eigenvalue weighted by molar-refractivity contribution is 6.03. The van der Waals surface area contributed by atoms with E-state index in [-0.39, 0.29) is 23.6 Å². The third-order valence-corrected chi connectivity index (χ3v) is 7.22. The molecule has 3 unspecified atom stereocenters. The minimum atomic E-state index is -0.0581. The molecule has 6 nitrogen and oxygen atoms in total. The topological polar surface area (TPSA) is 71.4 Å². The third-order valence-electron chi connectivity index (χ3n) is 7.22. The molecule has 3 aliphatic rings. The van der Waals surface area contributed by atoms with E-state index in [4.69, 9.17) is 0 Å². The van der Waals surface area contributed by atoms with Crippen LogP contribution in [-0.2, 0) is 11.3 Å². The largest absolute Gasteiger partial charge is 0.349 e. The molecule has 1 aromatic heterocycles. The number of nitrogens with one attached hydrogen (secondary N) is 1. The van der Waals surface area contributed by atoms with Crippen LogP contribution in [0.2, 0.25) is 0 Å². The van der Waals surface area contributed by atoms with Crippen molar-refractivity contribution in [1.82, 2.24) is 14.8 Å². The summed E-state index contributed by atoms with van der Waals surface area (Å²) in [5, 5.41) is 3.85. The van der Waals surface area contributed by atoms with Gasteiger partial charge in [0.15, 0.2) is 5.78 Å². The van der Waals surface area contributed by atoms with Crippen molar-refractivity contribution in [2.45, 2.75) is 44.7 Å². The molecule has 6 heteroatoms. The van der Waals surface area contributed by atoms with Crippen molar-refractivity contribution >= 4 is 28.5 Å². The number of carbonyl (C=O) groups is 3. The SMILES string of the molecule is C=CC(=O)N1CCC2CCC(CC(=O)c3ccc4cc5n(c4c3)CCNC5=O)CC21. The average molecular weight is 405 g/mol. The van der Waals surface area contributed by atoms with Crippen molar-refractivity contribution in [3.63, 3.8) is 0 Å². The second-order valence-electron chi connectivity index (χ2n) is 8.87. The number of rotatable bonds is 4. The van der Waals surface area contributed by atoms with Gasteiger partial charge in [0.2, 0.25) is 5.91 Å². The van der Waals surface area contributed by atoms with E-state index < -0.39 is 0 Å². The van der Waals surface area contributed by atoms with Gasteiger partial charge in [0.25, 0.3) is 5.91 Å². The first-order valence-corrected chi connectivity index (χ1v) is 10.9. The summed E-state index contributed by atoms with van der Waals surface area (Å²) < 4.78 is 2.01. The monoisotopic (exact) mass is 405 g/mol. The molecule has 2 aromatic rings. The lowest BCUT2D eigenvalue weighted by Gasteiger charge is -2.35. The fourth-order valence-electron chi connectivity index (χ4n) is 5.67. The molecule has 30 heavy (non-hydrogen) atoms. The van der Waals surface area contributed by atoms with Crippen molar-refractivity contribution in [2.24, 2.45) is 11.8 Å². The van der Waals surface area contributed by atoms with Crippen LogP contribution in [0.4, 0.5) is 0 Å². The number of amides is 2. The van der Waals surface area contributed by atoms with Crippen LogP contribution in [-0.4, -0.2) is 46.2 Å². The molecule has 156 valence electrons. The summed E-state index contributed by atoms with van der Waals surface area (Å²) in [5.74, 6) is 0.977. The summed E-state index contributed by atoms with van der Waals surface area (Å²) in [4.78, 5) is 39.3. The Bertz CT molecular complexity index is 1050.